The number of nitrogens with two attached hydrogens (primary N) is 1. The Labute approximate surface area is 137 Å². The minimum Gasteiger partial charge on any atom is -0.329 e. The Hall–Kier alpha value is -1.50. The Morgan fingerprint density at radius 3 is 2.83 bits per heavy atom. The van der Waals surface area contributed by atoms with Crippen molar-refractivity contribution in [3.8, 4) is 0 Å². The van der Waals surface area contributed by atoms with Crippen LogP contribution in [0.2, 0.25) is 0 Å². The lowest BCUT2D eigenvalue weighted by atomic mass is 9.74. The molecular weight excluding hydrogens is 310 g/mol. The fourth-order valence-electron chi connectivity index (χ4n) is 3.53. The summed E-state index contributed by atoms with van der Waals surface area (Å²) >= 11 is 0. The first-order valence-electron chi connectivity index (χ1n) is 8.06. The molecule has 2 unspecified atom stereocenters. The number of benzene rings is 1. The van der Waals surface area contributed by atoms with Crippen molar-refractivity contribution in [1.82, 2.24) is 9.71 Å². The maximum atomic E-state index is 13.0. The number of sulfonamides is 1. The molecule has 124 valence electrons. The highest BCUT2D eigenvalue weighted by atomic mass is 32.2. The van der Waals surface area contributed by atoms with E-state index in [2.05, 4.69) is 16.6 Å². The highest BCUT2D eigenvalue weighted by molar-refractivity contribution is 7.89. The lowest BCUT2D eigenvalue weighted by molar-refractivity contribution is 0.191. The van der Waals surface area contributed by atoms with Crippen molar-refractivity contribution >= 4 is 20.9 Å². The monoisotopic (exact) mass is 333 g/mol. The topological polar surface area (TPSA) is 85.1 Å². The summed E-state index contributed by atoms with van der Waals surface area (Å²) < 4.78 is 29.0. The molecule has 0 saturated heterocycles. The number of nitrogens with one attached hydrogen (secondary N) is 1. The zero-order valence-corrected chi connectivity index (χ0v) is 14.1. The van der Waals surface area contributed by atoms with Crippen LogP contribution in [0.15, 0.2) is 41.4 Å². The predicted molar refractivity (Wildman–Crippen MR) is 91.5 cm³/mol. The smallest absolute Gasteiger partial charge is 0.243 e. The molecule has 0 amide bonds. The van der Waals surface area contributed by atoms with E-state index in [1.165, 1.54) is 0 Å². The zero-order valence-electron chi connectivity index (χ0n) is 13.3. The van der Waals surface area contributed by atoms with Gasteiger partial charge in [0.25, 0.3) is 0 Å². The summed E-state index contributed by atoms with van der Waals surface area (Å²) in [6, 6.07) is 8.89. The number of nitrogens with zero attached hydrogens (tertiary/aromatic N) is 1. The second kappa shape index (κ2) is 6.19. The Morgan fingerprint density at radius 2 is 2.09 bits per heavy atom. The second-order valence-corrected chi connectivity index (χ2v) is 8.09. The van der Waals surface area contributed by atoms with Crippen LogP contribution < -0.4 is 10.5 Å². The van der Waals surface area contributed by atoms with Gasteiger partial charge in [-0.2, -0.15) is 0 Å². The van der Waals surface area contributed by atoms with E-state index in [9.17, 15) is 8.42 Å². The van der Waals surface area contributed by atoms with Gasteiger partial charge in [0.1, 0.15) is 4.90 Å². The van der Waals surface area contributed by atoms with Gasteiger partial charge in [-0.15, -0.1) is 0 Å². The average Bonchev–Trinajstić information content (AvgIpc) is 2.56. The van der Waals surface area contributed by atoms with Crippen molar-refractivity contribution < 1.29 is 8.42 Å². The molecule has 6 heteroatoms. The molecule has 1 saturated carbocycles. The third-order valence-electron chi connectivity index (χ3n) is 5.04. The minimum atomic E-state index is -3.68. The van der Waals surface area contributed by atoms with Gasteiger partial charge in [-0.25, -0.2) is 13.1 Å². The SMILES string of the molecule is CC1CCCCC1(CN)NS(=O)(=O)c1cccc2cccnc12. The van der Waals surface area contributed by atoms with Gasteiger partial charge in [-0.3, -0.25) is 4.98 Å². The Balaban J connectivity index is 2.04. The lowest BCUT2D eigenvalue weighted by Crippen LogP contribution is -2.58. The van der Waals surface area contributed by atoms with Crippen molar-refractivity contribution in [3.63, 3.8) is 0 Å². The number of rotatable bonds is 4. The van der Waals surface area contributed by atoms with E-state index in [4.69, 9.17) is 5.73 Å². The van der Waals surface area contributed by atoms with E-state index in [1.54, 1.807) is 24.4 Å². The summed E-state index contributed by atoms with van der Waals surface area (Å²) in [6.07, 6.45) is 5.51. The van der Waals surface area contributed by atoms with Crippen LogP contribution in [0, 0.1) is 5.92 Å². The molecule has 1 aliphatic rings. The Morgan fingerprint density at radius 1 is 1.30 bits per heavy atom. The molecule has 0 spiro atoms. The largest absolute Gasteiger partial charge is 0.329 e. The van der Waals surface area contributed by atoms with Crippen LogP contribution in [-0.2, 0) is 10.0 Å². The molecule has 1 aromatic carbocycles. The first kappa shape index (κ1) is 16.4. The van der Waals surface area contributed by atoms with E-state index in [1.807, 2.05) is 12.1 Å². The zero-order chi connectivity index (χ0) is 16.5. The first-order valence-corrected chi connectivity index (χ1v) is 9.55. The molecule has 23 heavy (non-hydrogen) atoms. The van der Waals surface area contributed by atoms with Crippen molar-refractivity contribution in [2.24, 2.45) is 11.7 Å². The number of fused-ring (bicyclic) bond motifs is 1. The van der Waals surface area contributed by atoms with Crippen LogP contribution in [-0.4, -0.2) is 25.5 Å². The van der Waals surface area contributed by atoms with Crippen molar-refractivity contribution in [2.75, 3.05) is 6.54 Å². The number of hydrogen-bond acceptors (Lipinski definition) is 4. The van der Waals surface area contributed by atoms with Crippen LogP contribution in [0.5, 0.6) is 0 Å². The van der Waals surface area contributed by atoms with E-state index < -0.39 is 15.6 Å². The Bertz CT molecular complexity index is 801. The fourth-order valence-corrected chi connectivity index (χ4v) is 5.24. The van der Waals surface area contributed by atoms with E-state index in [-0.39, 0.29) is 10.8 Å². The molecule has 1 aliphatic carbocycles. The highest BCUT2D eigenvalue weighted by Crippen LogP contribution is 2.34. The molecule has 0 aliphatic heterocycles. The summed E-state index contributed by atoms with van der Waals surface area (Å²) in [6.45, 7) is 2.39. The van der Waals surface area contributed by atoms with E-state index >= 15 is 0 Å². The first-order chi connectivity index (χ1) is 11.0. The molecule has 1 heterocycles. The molecule has 1 aromatic heterocycles. The third kappa shape index (κ3) is 2.98. The normalized spacial score (nSPS) is 25.6. The number of pyridine rings is 1. The standard InChI is InChI=1S/C17H23N3O2S/c1-13-6-2-3-10-17(13,12-18)20-23(21,22)15-9-4-7-14-8-5-11-19-16(14)15/h4-5,7-9,11,13,20H,2-3,6,10,12,18H2,1H3. The molecule has 2 aromatic rings. The fraction of sp³-hybridized carbons (Fsp3) is 0.471. The van der Waals surface area contributed by atoms with Crippen molar-refractivity contribution in [1.29, 1.82) is 0 Å². The number of aromatic nitrogens is 1. The summed E-state index contributed by atoms with van der Waals surface area (Å²) in [7, 11) is -3.68. The molecule has 0 bridgehead atoms. The van der Waals surface area contributed by atoms with E-state index in [0.717, 1.165) is 31.1 Å². The van der Waals surface area contributed by atoms with Gasteiger partial charge in [0.05, 0.1) is 5.52 Å². The van der Waals surface area contributed by atoms with Gasteiger partial charge in [-0.1, -0.05) is 38.0 Å². The second-order valence-electron chi connectivity index (χ2n) is 6.44. The van der Waals surface area contributed by atoms with Crippen LogP contribution in [0.25, 0.3) is 10.9 Å². The van der Waals surface area contributed by atoms with Crippen molar-refractivity contribution in [2.45, 2.75) is 43.0 Å². The minimum absolute atomic E-state index is 0.221. The van der Waals surface area contributed by atoms with Crippen molar-refractivity contribution in [3.05, 3.63) is 36.5 Å². The van der Waals surface area contributed by atoms with Gasteiger partial charge in [0, 0.05) is 23.7 Å². The van der Waals surface area contributed by atoms with Gasteiger partial charge in [0.2, 0.25) is 10.0 Å². The molecule has 0 radical (unpaired) electrons. The summed E-state index contributed by atoms with van der Waals surface area (Å²) in [5.74, 6) is 0.221. The molecule has 1 fully saturated rings. The van der Waals surface area contributed by atoms with Crippen LogP contribution in [0.1, 0.15) is 32.6 Å². The predicted octanol–water partition coefficient (Wildman–Crippen LogP) is 2.42. The van der Waals surface area contributed by atoms with Gasteiger partial charge < -0.3 is 5.73 Å². The molecule has 3 rings (SSSR count). The Kier molecular flexibility index (Phi) is 4.40. The third-order valence-corrected chi connectivity index (χ3v) is 6.62. The van der Waals surface area contributed by atoms with Crippen LogP contribution in [0.4, 0.5) is 0 Å². The maximum Gasteiger partial charge on any atom is 0.243 e. The number of para-hydroxylation sites is 1. The molecule has 3 N–H and O–H groups in total. The van der Waals surface area contributed by atoms with Gasteiger partial charge >= 0.3 is 0 Å². The van der Waals surface area contributed by atoms with Crippen LogP contribution >= 0.6 is 0 Å². The lowest BCUT2D eigenvalue weighted by Gasteiger charge is -2.42. The highest BCUT2D eigenvalue weighted by Gasteiger charge is 2.40. The molecule has 5 nitrogen and oxygen atoms in total. The maximum absolute atomic E-state index is 13.0. The quantitative estimate of drug-likeness (QED) is 0.900. The summed E-state index contributed by atoms with van der Waals surface area (Å²) in [5, 5.41) is 0.814. The average molecular weight is 333 g/mol. The van der Waals surface area contributed by atoms with Crippen LogP contribution in [0.3, 0.4) is 0 Å². The summed E-state index contributed by atoms with van der Waals surface area (Å²) in [5.41, 5.74) is 5.92. The number of hydrogen-bond donors (Lipinski definition) is 2. The van der Waals surface area contributed by atoms with E-state index in [0.29, 0.717) is 12.1 Å². The molecular formula is C17H23N3O2S. The summed E-state index contributed by atoms with van der Waals surface area (Å²) in [4.78, 5) is 4.48. The van der Waals surface area contributed by atoms with Gasteiger partial charge in [0.15, 0.2) is 0 Å². The van der Waals surface area contributed by atoms with Gasteiger partial charge in [-0.05, 0) is 30.9 Å². The molecule has 2 atom stereocenters.